The molecule has 0 amide bonds. The molecule has 0 unspecified atom stereocenters. The molecule has 19 heavy (non-hydrogen) atoms. The summed E-state index contributed by atoms with van der Waals surface area (Å²) in [7, 11) is 1.42. The number of para-hydroxylation sites is 1. The summed E-state index contributed by atoms with van der Waals surface area (Å²) in [6.45, 7) is 0. The van der Waals surface area contributed by atoms with Crippen LogP contribution in [-0.2, 0) is 0 Å². The van der Waals surface area contributed by atoms with Crippen LogP contribution in [0.5, 0.6) is 5.75 Å². The maximum atomic E-state index is 11.1. The normalized spacial score (nSPS) is 10.6. The average Bonchev–Trinajstić information content (AvgIpc) is 2.45. The molecule has 0 radical (unpaired) electrons. The Morgan fingerprint density at radius 2 is 1.79 bits per heavy atom. The van der Waals surface area contributed by atoms with Crippen LogP contribution in [0.15, 0.2) is 48.5 Å². The first-order valence-electron chi connectivity index (χ1n) is 5.77. The number of nitro benzene ring substituents is 1. The molecule has 0 bridgehead atoms. The van der Waals surface area contributed by atoms with E-state index in [9.17, 15) is 10.1 Å². The molecule has 0 saturated carbocycles. The van der Waals surface area contributed by atoms with Crippen LogP contribution in [0.4, 0.5) is 5.69 Å². The molecule has 0 aromatic heterocycles. The monoisotopic (exact) mass is 255 g/mol. The van der Waals surface area contributed by atoms with Gasteiger partial charge in [-0.15, -0.1) is 0 Å². The van der Waals surface area contributed by atoms with Gasteiger partial charge in [0.2, 0.25) is 0 Å². The van der Waals surface area contributed by atoms with E-state index in [0.29, 0.717) is 5.56 Å². The minimum absolute atomic E-state index is 0.0165. The van der Waals surface area contributed by atoms with Gasteiger partial charge in [-0.25, -0.2) is 0 Å². The van der Waals surface area contributed by atoms with Gasteiger partial charge in [0.15, 0.2) is 5.75 Å². The highest BCUT2D eigenvalue weighted by atomic mass is 16.6. The Kier molecular flexibility index (Phi) is 3.93. The summed E-state index contributed by atoms with van der Waals surface area (Å²) < 4.78 is 5.02. The third-order valence-electron chi connectivity index (χ3n) is 2.69. The summed E-state index contributed by atoms with van der Waals surface area (Å²) in [4.78, 5) is 10.7. The highest BCUT2D eigenvalue weighted by Crippen LogP contribution is 2.31. The number of ether oxygens (including phenoxy) is 1. The third kappa shape index (κ3) is 2.98. The van der Waals surface area contributed by atoms with Gasteiger partial charge in [0.25, 0.3) is 0 Å². The largest absolute Gasteiger partial charge is 0.490 e. The van der Waals surface area contributed by atoms with E-state index in [1.54, 1.807) is 24.3 Å². The summed E-state index contributed by atoms with van der Waals surface area (Å²) in [6, 6.07) is 14.6. The number of hydrogen-bond acceptors (Lipinski definition) is 3. The lowest BCUT2D eigenvalue weighted by Gasteiger charge is -2.03. The Labute approximate surface area is 111 Å². The van der Waals surface area contributed by atoms with E-state index in [4.69, 9.17) is 4.74 Å². The van der Waals surface area contributed by atoms with Crippen LogP contribution in [-0.4, -0.2) is 12.0 Å². The van der Waals surface area contributed by atoms with E-state index in [1.165, 1.54) is 7.11 Å². The summed E-state index contributed by atoms with van der Waals surface area (Å²) in [6.07, 6.45) is 3.55. The number of hydrogen-bond donors (Lipinski definition) is 0. The summed E-state index contributed by atoms with van der Waals surface area (Å²) in [5, 5.41) is 11.1. The molecular weight excluding hydrogens is 242 g/mol. The molecule has 0 fully saturated rings. The average molecular weight is 255 g/mol. The van der Waals surface area contributed by atoms with Gasteiger partial charge in [-0.05, 0) is 23.8 Å². The Morgan fingerprint density at radius 3 is 2.42 bits per heavy atom. The maximum absolute atomic E-state index is 11.1. The molecule has 0 saturated heterocycles. The van der Waals surface area contributed by atoms with Crippen molar-refractivity contribution in [3.63, 3.8) is 0 Å². The minimum atomic E-state index is -0.427. The number of nitrogens with zero attached hydrogens (tertiary/aromatic N) is 1. The Hall–Kier alpha value is -2.62. The van der Waals surface area contributed by atoms with Gasteiger partial charge >= 0.3 is 5.69 Å². The van der Waals surface area contributed by atoms with Gasteiger partial charge in [0.1, 0.15) is 0 Å². The zero-order chi connectivity index (χ0) is 13.7. The quantitative estimate of drug-likeness (QED) is 0.474. The second-order valence-corrected chi connectivity index (χ2v) is 3.90. The van der Waals surface area contributed by atoms with Crippen LogP contribution in [0, 0.1) is 10.1 Å². The predicted molar refractivity (Wildman–Crippen MR) is 75.0 cm³/mol. The molecule has 0 heterocycles. The van der Waals surface area contributed by atoms with E-state index >= 15 is 0 Å². The standard InChI is InChI=1S/C15H13NO3/c1-19-14-9-5-8-13(15(14)16(17)18)11-10-12-6-3-2-4-7-12/h2-11H,1H3. The van der Waals surface area contributed by atoms with Gasteiger partial charge in [-0.2, -0.15) is 0 Å². The summed E-state index contributed by atoms with van der Waals surface area (Å²) in [5.74, 6) is 0.264. The van der Waals surface area contributed by atoms with Crippen molar-refractivity contribution in [1.29, 1.82) is 0 Å². The summed E-state index contributed by atoms with van der Waals surface area (Å²) >= 11 is 0. The number of rotatable bonds is 4. The minimum Gasteiger partial charge on any atom is -0.490 e. The number of nitro groups is 1. The molecule has 0 spiro atoms. The highest BCUT2D eigenvalue weighted by molar-refractivity contribution is 5.76. The van der Waals surface area contributed by atoms with E-state index in [2.05, 4.69) is 0 Å². The van der Waals surface area contributed by atoms with Crippen molar-refractivity contribution in [2.75, 3.05) is 7.11 Å². The molecule has 0 atom stereocenters. The molecule has 0 aliphatic rings. The predicted octanol–water partition coefficient (Wildman–Crippen LogP) is 3.77. The Morgan fingerprint density at radius 1 is 1.05 bits per heavy atom. The van der Waals surface area contributed by atoms with Crippen LogP contribution in [0.25, 0.3) is 12.2 Å². The Bertz CT molecular complexity index is 606. The molecule has 4 heteroatoms. The molecule has 0 N–H and O–H groups in total. The molecule has 96 valence electrons. The first kappa shape index (κ1) is 12.8. The van der Waals surface area contributed by atoms with E-state index < -0.39 is 4.92 Å². The maximum Gasteiger partial charge on any atom is 0.318 e. The Balaban J connectivity index is 2.40. The van der Waals surface area contributed by atoms with E-state index in [0.717, 1.165) is 5.56 Å². The number of benzene rings is 2. The smallest absolute Gasteiger partial charge is 0.318 e. The van der Waals surface area contributed by atoms with E-state index in [-0.39, 0.29) is 11.4 Å². The fourth-order valence-corrected chi connectivity index (χ4v) is 1.78. The lowest BCUT2D eigenvalue weighted by molar-refractivity contribution is -0.386. The zero-order valence-electron chi connectivity index (χ0n) is 10.4. The fraction of sp³-hybridized carbons (Fsp3) is 0.0667. The first-order chi connectivity index (χ1) is 9.22. The van der Waals surface area contributed by atoms with Crippen molar-refractivity contribution < 1.29 is 9.66 Å². The molecule has 0 aliphatic carbocycles. The van der Waals surface area contributed by atoms with Crippen LogP contribution in [0.2, 0.25) is 0 Å². The second kappa shape index (κ2) is 5.82. The van der Waals surface area contributed by atoms with Crippen LogP contribution in [0.1, 0.15) is 11.1 Å². The first-order valence-corrected chi connectivity index (χ1v) is 5.77. The lowest BCUT2D eigenvalue weighted by atomic mass is 10.1. The van der Waals surface area contributed by atoms with Crippen LogP contribution in [0.3, 0.4) is 0 Å². The zero-order valence-corrected chi connectivity index (χ0v) is 10.4. The molecule has 2 aromatic rings. The SMILES string of the molecule is COc1cccc(C=Cc2ccccc2)c1[N+](=O)[O-]. The van der Waals surface area contributed by atoms with Gasteiger partial charge in [0.05, 0.1) is 17.6 Å². The topological polar surface area (TPSA) is 52.4 Å². The molecule has 0 aliphatic heterocycles. The lowest BCUT2D eigenvalue weighted by Crippen LogP contribution is -1.95. The second-order valence-electron chi connectivity index (χ2n) is 3.90. The fourth-order valence-electron chi connectivity index (χ4n) is 1.78. The summed E-state index contributed by atoms with van der Waals surface area (Å²) in [5.41, 5.74) is 1.49. The van der Waals surface area contributed by atoms with Crippen LogP contribution < -0.4 is 4.74 Å². The number of methoxy groups -OCH3 is 1. The van der Waals surface area contributed by atoms with Crippen molar-refractivity contribution in [3.05, 3.63) is 69.8 Å². The van der Waals surface area contributed by atoms with Crippen molar-refractivity contribution in [1.82, 2.24) is 0 Å². The highest BCUT2D eigenvalue weighted by Gasteiger charge is 2.18. The van der Waals surface area contributed by atoms with Crippen molar-refractivity contribution in [2.24, 2.45) is 0 Å². The van der Waals surface area contributed by atoms with Crippen molar-refractivity contribution in [2.45, 2.75) is 0 Å². The van der Waals surface area contributed by atoms with Crippen molar-refractivity contribution >= 4 is 17.8 Å². The van der Waals surface area contributed by atoms with Crippen LogP contribution >= 0.6 is 0 Å². The van der Waals surface area contributed by atoms with Gasteiger partial charge in [-0.3, -0.25) is 10.1 Å². The molecule has 2 rings (SSSR count). The van der Waals surface area contributed by atoms with Gasteiger partial charge in [0, 0.05) is 0 Å². The van der Waals surface area contributed by atoms with Gasteiger partial charge < -0.3 is 4.74 Å². The molecular formula is C15H13NO3. The third-order valence-corrected chi connectivity index (χ3v) is 2.69. The molecule has 4 nitrogen and oxygen atoms in total. The van der Waals surface area contributed by atoms with Crippen molar-refractivity contribution in [3.8, 4) is 5.75 Å². The van der Waals surface area contributed by atoms with E-state index in [1.807, 2.05) is 36.4 Å². The molecule has 2 aromatic carbocycles. The van der Waals surface area contributed by atoms with Gasteiger partial charge in [-0.1, -0.05) is 42.5 Å².